The van der Waals surface area contributed by atoms with E-state index in [-0.39, 0.29) is 0 Å². The van der Waals surface area contributed by atoms with Crippen LogP contribution in [0.25, 0.3) is 72.2 Å². The minimum atomic E-state index is -3.00. The average Bonchev–Trinajstić information content (AvgIpc) is 3.85. The molecule has 3 aromatic heterocycles. The Kier molecular flexibility index (Phi) is 5.95. The van der Waals surface area contributed by atoms with E-state index in [4.69, 9.17) is 14.4 Å². The van der Waals surface area contributed by atoms with Crippen LogP contribution >= 0.6 is 0 Å². The van der Waals surface area contributed by atoms with Crippen molar-refractivity contribution in [3.8, 4) is 28.5 Å². The fourth-order valence-electron chi connectivity index (χ4n) is 8.65. The van der Waals surface area contributed by atoms with Crippen LogP contribution in [0, 0.1) is 0 Å². The van der Waals surface area contributed by atoms with E-state index in [2.05, 4.69) is 168 Å². The molecule has 0 saturated heterocycles. The van der Waals surface area contributed by atoms with Crippen molar-refractivity contribution in [1.82, 2.24) is 14.5 Å². The molecule has 0 atom stereocenters. The van der Waals surface area contributed by atoms with Gasteiger partial charge in [-0.3, -0.25) is 4.57 Å². The molecule has 7 aromatic carbocycles. The second-order valence-electron chi connectivity index (χ2n) is 13.3. The Balaban J connectivity index is 1.41. The van der Waals surface area contributed by atoms with E-state index < -0.39 is 8.07 Å². The third kappa shape index (κ3) is 3.84. The Morgan fingerprint density at radius 1 is 0.490 bits per heavy atom. The third-order valence-corrected chi connectivity index (χ3v) is 15.5. The number of benzene rings is 7. The molecule has 11 rings (SSSR count). The molecule has 1 aliphatic heterocycles. The van der Waals surface area contributed by atoms with Gasteiger partial charge in [-0.15, -0.1) is 0 Å². The number of nitrogens with zero attached hydrogens (tertiary/aromatic N) is 3. The molecule has 0 bridgehead atoms. The second-order valence-corrected chi connectivity index (χ2v) is 17.0. The van der Waals surface area contributed by atoms with Crippen LogP contribution in [0.1, 0.15) is 0 Å². The maximum atomic E-state index is 6.53. The minimum Gasteiger partial charge on any atom is -0.456 e. The molecule has 51 heavy (non-hydrogen) atoms. The van der Waals surface area contributed by atoms with Crippen LogP contribution in [-0.2, 0) is 0 Å². The number of furan rings is 1. The highest BCUT2D eigenvalue weighted by Crippen LogP contribution is 2.42. The number of hydrogen-bond acceptors (Lipinski definition) is 3. The highest BCUT2D eigenvalue weighted by atomic mass is 28.3. The van der Waals surface area contributed by atoms with Crippen LogP contribution in [0.15, 0.2) is 180 Å². The zero-order chi connectivity index (χ0) is 33.5. The summed E-state index contributed by atoms with van der Waals surface area (Å²) in [7, 11) is -3.00. The van der Waals surface area contributed by atoms with E-state index in [1.165, 1.54) is 37.1 Å². The minimum absolute atomic E-state index is 0.709. The lowest BCUT2D eigenvalue weighted by Crippen LogP contribution is -2.73. The summed E-state index contributed by atoms with van der Waals surface area (Å²) in [4.78, 5) is 11.2. The molecule has 0 saturated carbocycles. The first-order chi connectivity index (χ1) is 25.3. The first kappa shape index (κ1) is 28.3. The van der Waals surface area contributed by atoms with Crippen LogP contribution in [0.2, 0.25) is 0 Å². The first-order valence-electron chi connectivity index (χ1n) is 17.3. The van der Waals surface area contributed by atoms with Gasteiger partial charge >= 0.3 is 0 Å². The maximum absolute atomic E-state index is 6.53. The third-order valence-electron chi connectivity index (χ3n) is 10.7. The van der Waals surface area contributed by atoms with Crippen LogP contribution in [-0.4, -0.2) is 22.6 Å². The van der Waals surface area contributed by atoms with Crippen molar-refractivity contribution in [3.63, 3.8) is 0 Å². The molecule has 4 nitrogen and oxygen atoms in total. The molecule has 1 aliphatic rings. The van der Waals surface area contributed by atoms with Gasteiger partial charge in [0.15, 0.2) is 13.9 Å². The lowest BCUT2D eigenvalue weighted by Gasteiger charge is -2.32. The van der Waals surface area contributed by atoms with Crippen molar-refractivity contribution < 1.29 is 4.42 Å². The van der Waals surface area contributed by atoms with Gasteiger partial charge in [-0.1, -0.05) is 152 Å². The van der Waals surface area contributed by atoms with E-state index in [1.54, 1.807) is 0 Å². The van der Waals surface area contributed by atoms with Gasteiger partial charge in [-0.2, -0.15) is 0 Å². The molecule has 4 heterocycles. The van der Waals surface area contributed by atoms with E-state index in [1.807, 2.05) is 12.1 Å². The molecule has 10 aromatic rings. The predicted molar refractivity (Wildman–Crippen MR) is 212 cm³/mol. The summed E-state index contributed by atoms with van der Waals surface area (Å²) >= 11 is 0. The van der Waals surface area contributed by atoms with Crippen LogP contribution in [0.5, 0.6) is 0 Å². The Morgan fingerprint density at radius 2 is 1.12 bits per heavy atom. The molecule has 0 spiro atoms. The highest BCUT2D eigenvalue weighted by Gasteiger charge is 2.52. The van der Waals surface area contributed by atoms with E-state index in [0.29, 0.717) is 5.82 Å². The molecule has 5 heteroatoms. The molecule has 0 N–H and O–H groups in total. The number of hydrogen-bond donors (Lipinski definition) is 0. The largest absolute Gasteiger partial charge is 0.456 e. The van der Waals surface area contributed by atoms with Gasteiger partial charge in [0, 0.05) is 32.5 Å². The van der Waals surface area contributed by atoms with Crippen molar-refractivity contribution in [2.45, 2.75) is 0 Å². The Hall–Kier alpha value is -6.56. The summed E-state index contributed by atoms with van der Waals surface area (Å²) in [6.45, 7) is 0. The van der Waals surface area contributed by atoms with Gasteiger partial charge in [0.1, 0.15) is 17.0 Å². The lowest BCUT2D eigenvalue weighted by molar-refractivity contribution is 0.669. The van der Waals surface area contributed by atoms with E-state index >= 15 is 0 Å². The highest BCUT2D eigenvalue weighted by molar-refractivity contribution is 7.22. The molecule has 0 amide bonds. The molecule has 0 unspecified atom stereocenters. The van der Waals surface area contributed by atoms with Crippen molar-refractivity contribution in [2.75, 3.05) is 0 Å². The summed E-state index contributed by atoms with van der Waals surface area (Å²) < 4.78 is 8.96. The summed E-state index contributed by atoms with van der Waals surface area (Å²) in [5.74, 6) is 1.62. The van der Waals surface area contributed by atoms with E-state index in [9.17, 15) is 0 Å². The van der Waals surface area contributed by atoms with Crippen molar-refractivity contribution in [3.05, 3.63) is 176 Å². The molecule has 0 fully saturated rings. The normalized spacial score (nSPS) is 13.3. The van der Waals surface area contributed by atoms with Gasteiger partial charge in [0.2, 0.25) is 0 Å². The molecule has 238 valence electrons. The number of fused-ring (bicyclic) bond motifs is 10. The lowest BCUT2D eigenvalue weighted by atomic mass is 10.1. The molecular weight excluding hydrogens is 639 g/mol. The number of rotatable bonds is 4. The number of aromatic nitrogens is 3. The summed E-state index contributed by atoms with van der Waals surface area (Å²) in [6, 6.07) is 62.9. The van der Waals surface area contributed by atoms with Crippen molar-refractivity contribution in [2.24, 2.45) is 0 Å². The van der Waals surface area contributed by atoms with Gasteiger partial charge < -0.3 is 4.42 Å². The smallest absolute Gasteiger partial charge is 0.187 e. The van der Waals surface area contributed by atoms with Crippen LogP contribution in [0.3, 0.4) is 0 Å². The first-order valence-corrected chi connectivity index (χ1v) is 19.3. The van der Waals surface area contributed by atoms with Crippen molar-refractivity contribution in [1.29, 1.82) is 0 Å². The summed E-state index contributed by atoms with van der Waals surface area (Å²) in [5, 5.41) is 9.67. The van der Waals surface area contributed by atoms with Gasteiger partial charge in [-0.25, -0.2) is 9.97 Å². The Bertz CT molecular complexity index is 2930. The zero-order valence-corrected chi connectivity index (χ0v) is 28.5. The Morgan fingerprint density at radius 3 is 1.88 bits per heavy atom. The molecule has 0 aliphatic carbocycles. The number of para-hydroxylation sites is 2. The molecular formula is C46H29N3OSi. The SMILES string of the molecule is c1ccc(-c2nc3c(c(-n4c5ccccc5c5ccc6oc7ccccc7c6c54)n2)[Si](c2ccccc2)(c2ccccc2)c2ccccc2-3)cc1. The van der Waals surface area contributed by atoms with Crippen LogP contribution in [0.4, 0.5) is 0 Å². The van der Waals surface area contributed by atoms with Gasteiger partial charge in [0.25, 0.3) is 0 Å². The van der Waals surface area contributed by atoms with Crippen LogP contribution < -0.4 is 20.7 Å². The summed E-state index contributed by atoms with van der Waals surface area (Å²) in [6.07, 6.45) is 0. The maximum Gasteiger partial charge on any atom is 0.187 e. The fourth-order valence-corrected chi connectivity index (χ4v) is 13.8. The average molecular weight is 668 g/mol. The van der Waals surface area contributed by atoms with E-state index in [0.717, 1.165) is 50.0 Å². The standard InChI is InChI=1S/C46H29N3OSi/c1-4-16-30(17-5-1)45-47-42-36-24-12-15-27-40(36)51(31-18-6-2-7-19-31,32-20-8-3-9-21-32)44(42)46(48-45)49-37-25-13-10-22-33(37)34-28-29-39-41(43(34)49)35-23-11-14-26-38(35)50-39/h1-29H. The fraction of sp³-hybridized carbons (Fsp3) is 0. The van der Waals surface area contributed by atoms with Gasteiger partial charge in [0.05, 0.1) is 22.1 Å². The summed E-state index contributed by atoms with van der Waals surface area (Å²) in [5.41, 5.74) is 7.09. The Labute approximate surface area is 294 Å². The quantitative estimate of drug-likeness (QED) is 0.177. The predicted octanol–water partition coefficient (Wildman–Crippen LogP) is 8.50. The topological polar surface area (TPSA) is 43.9 Å². The zero-order valence-electron chi connectivity index (χ0n) is 27.5. The second kappa shape index (κ2) is 10.7. The van der Waals surface area contributed by atoms with Crippen molar-refractivity contribution >= 4 is 72.6 Å². The monoisotopic (exact) mass is 667 g/mol. The van der Waals surface area contributed by atoms with Gasteiger partial charge in [-0.05, 0) is 39.8 Å². The molecule has 0 radical (unpaired) electrons.